The van der Waals surface area contributed by atoms with Crippen molar-refractivity contribution >= 4 is 17.5 Å². The van der Waals surface area contributed by atoms with Gasteiger partial charge in [0.1, 0.15) is 0 Å². The van der Waals surface area contributed by atoms with Crippen LogP contribution in [0, 0.1) is 11.8 Å². The van der Waals surface area contributed by atoms with E-state index in [1.807, 2.05) is 0 Å². The van der Waals surface area contributed by atoms with Gasteiger partial charge < -0.3 is 0 Å². The molecule has 0 aromatic rings. The number of hydrazine groups is 1. The molecule has 0 aromatic heterocycles. The summed E-state index contributed by atoms with van der Waals surface area (Å²) in [6.07, 6.45) is 0.435. The van der Waals surface area contributed by atoms with Crippen LogP contribution in [0.2, 0.25) is 0 Å². The third-order valence-corrected chi connectivity index (χ3v) is 2.34. The Kier molecular flexibility index (Phi) is 3.19. The van der Waals surface area contributed by atoms with E-state index in [0.717, 1.165) is 0 Å². The lowest BCUT2D eigenvalue weighted by Crippen LogP contribution is -2.37. The molecule has 1 heterocycles. The van der Waals surface area contributed by atoms with E-state index in [1.54, 1.807) is 13.8 Å². The Morgan fingerprint density at radius 1 is 1.79 bits per heavy atom. The summed E-state index contributed by atoms with van der Waals surface area (Å²) in [5, 5.41) is 3.79. The van der Waals surface area contributed by atoms with E-state index in [-0.39, 0.29) is 23.7 Å². The number of rotatable bonds is 3. The minimum absolute atomic E-state index is 0.154. The van der Waals surface area contributed by atoms with Gasteiger partial charge in [0.15, 0.2) is 0 Å². The van der Waals surface area contributed by atoms with Gasteiger partial charge in [-0.25, -0.2) is 11.3 Å². The van der Waals surface area contributed by atoms with Crippen LogP contribution in [0.5, 0.6) is 0 Å². The highest BCUT2D eigenvalue weighted by atomic mass is 16.2. The van der Waals surface area contributed by atoms with Crippen molar-refractivity contribution in [3.63, 3.8) is 0 Å². The Morgan fingerprint density at radius 3 is 2.86 bits per heavy atom. The predicted octanol–water partition coefficient (Wildman–Crippen LogP) is -0.876. The van der Waals surface area contributed by atoms with Crippen LogP contribution in [0.3, 0.4) is 0 Å². The lowest BCUT2D eigenvalue weighted by Gasteiger charge is -2.13. The molecule has 0 radical (unpaired) electrons. The highest BCUT2D eigenvalue weighted by Gasteiger charge is 2.30. The molecule has 1 aliphatic rings. The van der Waals surface area contributed by atoms with Gasteiger partial charge in [0.2, 0.25) is 11.8 Å². The molecule has 2 amide bonds. The fourth-order valence-electron chi connectivity index (χ4n) is 1.37. The largest absolute Gasteiger partial charge is 0.294 e. The van der Waals surface area contributed by atoms with Crippen LogP contribution < -0.4 is 16.7 Å². The summed E-state index contributed by atoms with van der Waals surface area (Å²) in [6.45, 7) is 3.48. The molecule has 6 heteroatoms. The number of carbonyl (C=O) groups is 2. The van der Waals surface area contributed by atoms with Gasteiger partial charge in [-0.05, 0) is 13.3 Å². The van der Waals surface area contributed by atoms with Crippen molar-refractivity contribution in [3.8, 4) is 0 Å². The number of hydrogen-bond donors (Lipinski definition) is 3. The summed E-state index contributed by atoms with van der Waals surface area (Å²) in [6, 6.07) is 0. The summed E-state index contributed by atoms with van der Waals surface area (Å²) in [5.74, 6) is 3.97. The molecule has 0 unspecified atom stereocenters. The summed E-state index contributed by atoms with van der Waals surface area (Å²) in [4.78, 5) is 22.3. The number of nitrogens with one attached hydrogen (secondary N) is 2. The second kappa shape index (κ2) is 4.19. The van der Waals surface area contributed by atoms with Gasteiger partial charge in [-0.3, -0.25) is 15.0 Å². The van der Waals surface area contributed by atoms with E-state index in [2.05, 4.69) is 16.0 Å². The fraction of sp³-hybridized carbons (Fsp3) is 0.625. The van der Waals surface area contributed by atoms with Gasteiger partial charge in [-0.1, -0.05) is 6.92 Å². The third kappa shape index (κ3) is 2.08. The molecular weight excluding hydrogens is 184 g/mol. The Balaban J connectivity index is 2.56. The van der Waals surface area contributed by atoms with Crippen LogP contribution in [-0.4, -0.2) is 17.5 Å². The average molecular weight is 198 g/mol. The molecule has 0 bridgehead atoms. The molecule has 0 saturated carbocycles. The van der Waals surface area contributed by atoms with Gasteiger partial charge in [-0.15, -0.1) is 0 Å². The van der Waals surface area contributed by atoms with E-state index in [0.29, 0.717) is 12.1 Å². The van der Waals surface area contributed by atoms with E-state index < -0.39 is 0 Å². The first-order valence-corrected chi connectivity index (χ1v) is 4.40. The molecule has 0 aliphatic carbocycles. The highest BCUT2D eigenvalue weighted by molar-refractivity contribution is 6.07. The first-order valence-electron chi connectivity index (χ1n) is 4.40. The maximum Gasteiger partial charge on any atom is 0.248 e. The molecule has 6 nitrogen and oxygen atoms in total. The number of hydrazone groups is 1. The Hall–Kier alpha value is -1.43. The summed E-state index contributed by atoms with van der Waals surface area (Å²) >= 11 is 0. The molecular formula is C8H14N4O2. The van der Waals surface area contributed by atoms with Crippen molar-refractivity contribution in [2.75, 3.05) is 0 Å². The van der Waals surface area contributed by atoms with Crippen LogP contribution in [-0.2, 0) is 9.59 Å². The topological polar surface area (TPSA) is 96.6 Å². The van der Waals surface area contributed by atoms with Crippen LogP contribution in [0.1, 0.15) is 20.3 Å². The zero-order valence-electron chi connectivity index (χ0n) is 8.20. The van der Waals surface area contributed by atoms with Crippen LogP contribution in [0.25, 0.3) is 0 Å². The van der Waals surface area contributed by atoms with E-state index in [1.165, 1.54) is 0 Å². The Labute approximate surface area is 81.9 Å². The highest BCUT2D eigenvalue weighted by Crippen LogP contribution is 2.17. The number of hydrogen-bond acceptors (Lipinski definition) is 4. The molecule has 1 rings (SSSR count). The van der Waals surface area contributed by atoms with E-state index >= 15 is 0 Å². The molecule has 0 fully saturated rings. The van der Waals surface area contributed by atoms with Gasteiger partial charge >= 0.3 is 0 Å². The monoisotopic (exact) mass is 198 g/mol. The smallest absolute Gasteiger partial charge is 0.248 e. The summed E-state index contributed by atoms with van der Waals surface area (Å²) in [5.41, 5.74) is 5.14. The molecule has 1 aliphatic heterocycles. The lowest BCUT2D eigenvalue weighted by atomic mass is 9.92. The lowest BCUT2D eigenvalue weighted by molar-refractivity contribution is -0.126. The molecule has 2 atom stereocenters. The van der Waals surface area contributed by atoms with E-state index in [4.69, 9.17) is 5.84 Å². The zero-order valence-corrected chi connectivity index (χ0v) is 8.20. The van der Waals surface area contributed by atoms with Crippen molar-refractivity contribution in [2.24, 2.45) is 22.8 Å². The second-order valence-electron chi connectivity index (χ2n) is 3.43. The van der Waals surface area contributed by atoms with Crippen LogP contribution in [0.15, 0.2) is 5.10 Å². The molecule has 78 valence electrons. The Bertz CT molecular complexity index is 287. The van der Waals surface area contributed by atoms with Crippen molar-refractivity contribution in [2.45, 2.75) is 20.3 Å². The molecule has 4 N–H and O–H groups in total. The normalized spacial score (nSPS) is 22.6. The standard InChI is InChI=1S/C8H14N4O2/c1-4(7(13)10-9)3-6-5(2)11-12-8(6)14/h4,6H,3,9H2,1-2H3,(H,10,13)(H,12,14)/t4-,6-/m0/s1. The number of carbonyl (C=O) groups excluding carboxylic acids is 2. The van der Waals surface area contributed by atoms with Crippen molar-refractivity contribution in [1.82, 2.24) is 10.9 Å². The summed E-state index contributed by atoms with van der Waals surface area (Å²) < 4.78 is 0. The minimum atomic E-state index is -0.303. The second-order valence-corrected chi connectivity index (χ2v) is 3.43. The van der Waals surface area contributed by atoms with Crippen LogP contribution >= 0.6 is 0 Å². The number of nitrogens with zero attached hydrogens (tertiary/aromatic N) is 1. The predicted molar refractivity (Wildman–Crippen MR) is 50.9 cm³/mol. The van der Waals surface area contributed by atoms with Gasteiger partial charge in [0.05, 0.1) is 5.92 Å². The van der Waals surface area contributed by atoms with Gasteiger partial charge in [0.25, 0.3) is 0 Å². The maximum absolute atomic E-state index is 11.2. The zero-order chi connectivity index (χ0) is 10.7. The molecule has 0 saturated heterocycles. The van der Waals surface area contributed by atoms with E-state index in [9.17, 15) is 9.59 Å². The number of nitrogens with two attached hydrogens (primary N) is 1. The van der Waals surface area contributed by atoms with Crippen molar-refractivity contribution < 1.29 is 9.59 Å². The van der Waals surface area contributed by atoms with Crippen molar-refractivity contribution in [3.05, 3.63) is 0 Å². The molecule has 0 aromatic carbocycles. The quantitative estimate of drug-likeness (QED) is 0.312. The number of amides is 2. The first kappa shape index (κ1) is 10.6. The third-order valence-electron chi connectivity index (χ3n) is 2.34. The molecule has 0 spiro atoms. The fourth-order valence-corrected chi connectivity index (χ4v) is 1.37. The Morgan fingerprint density at radius 2 is 2.43 bits per heavy atom. The minimum Gasteiger partial charge on any atom is -0.294 e. The average Bonchev–Trinajstić information content (AvgIpc) is 2.48. The van der Waals surface area contributed by atoms with Gasteiger partial charge in [-0.2, -0.15) is 5.10 Å². The van der Waals surface area contributed by atoms with Crippen molar-refractivity contribution in [1.29, 1.82) is 0 Å². The summed E-state index contributed by atoms with van der Waals surface area (Å²) in [7, 11) is 0. The molecule has 14 heavy (non-hydrogen) atoms. The first-order chi connectivity index (χ1) is 6.56. The van der Waals surface area contributed by atoms with Gasteiger partial charge in [0, 0.05) is 11.6 Å². The SMILES string of the molecule is CC1=NNC(=O)[C@H]1C[C@H](C)C(=O)NN. The maximum atomic E-state index is 11.2. The van der Waals surface area contributed by atoms with Crippen LogP contribution in [0.4, 0.5) is 0 Å².